The first kappa shape index (κ1) is 15.3. The van der Waals surface area contributed by atoms with E-state index in [-0.39, 0.29) is 16.5 Å². The van der Waals surface area contributed by atoms with Gasteiger partial charge in [0.15, 0.2) is 0 Å². The second kappa shape index (κ2) is 6.55. The number of anilines is 2. The van der Waals surface area contributed by atoms with Crippen molar-refractivity contribution in [2.24, 2.45) is 0 Å². The molecular weight excluding hydrogens is 319 g/mol. The van der Waals surface area contributed by atoms with Crippen LogP contribution in [0.25, 0.3) is 0 Å². The van der Waals surface area contributed by atoms with Gasteiger partial charge in [-0.3, -0.25) is 0 Å². The number of hydrogen-bond acceptors (Lipinski definition) is 7. The Morgan fingerprint density at radius 3 is 2.38 bits per heavy atom. The van der Waals surface area contributed by atoms with Crippen molar-refractivity contribution >= 4 is 40.8 Å². The number of hydrogen-bond donors (Lipinski definition) is 1. The van der Waals surface area contributed by atoms with Crippen molar-refractivity contribution < 1.29 is 14.3 Å². The van der Waals surface area contributed by atoms with Crippen molar-refractivity contribution in [1.29, 1.82) is 0 Å². The molecular formula is C12H10Cl2N4O3. The summed E-state index contributed by atoms with van der Waals surface area (Å²) in [4.78, 5) is 22.9. The van der Waals surface area contributed by atoms with E-state index in [1.54, 1.807) is 12.1 Å². The maximum Gasteiger partial charge on any atom is 0.337 e. The summed E-state index contributed by atoms with van der Waals surface area (Å²) in [7, 11) is 2.79. The molecule has 0 unspecified atom stereocenters. The number of methoxy groups -OCH3 is 2. The number of carbonyl (C=O) groups excluding carboxylic acids is 1. The van der Waals surface area contributed by atoms with E-state index in [4.69, 9.17) is 27.9 Å². The van der Waals surface area contributed by atoms with Gasteiger partial charge < -0.3 is 14.8 Å². The van der Waals surface area contributed by atoms with Crippen LogP contribution < -0.4 is 10.1 Å². The van der Waals surface area contributed by atoms with Gasteiger partial charge in [0.05, 0.1) is 25.5 Å². The summed E-state index contributed by atoms with van der Waals surface area (Å²) in [6, 6.07) is 4.72. The molecule has 0 aliphatic carbocycles. The molecule has 0 saturated carbocycles. The van der Waals surface area contributed by atoms with Gasteiger partial charge in [-0.2, -0.15) is 15.0 Å². The summed E-state index contributed by atoms with van der Waals surface area (Å²) >= 11 is 11.4. The highest BCUT2D eigenvalue weighted by molar-refractivity contribution is 6.31. The fraction of sp³-hybridized carbons (Fsp3) is 0.167. The van der Waals surface area contributed by atoms with Crippen LogP contribution in [0.1, 0.15) is 10.4 Å². The molecule has 0 radical (unpaired) electrons. The molecule has 1 N–H and O–H groups in total. The molecule has 110 valence electrons. The number of nitrogens with one attached hydrogen (secondary N) is 1. The van der Waals surface area contributed by atoms with Gasteiger partial charge >= 0.3 is 5.97 Å². The lowest BCUT2D eigenvalue weighted by molar-refractivity contribution is 0.0601. The third-order valence-electron chi connectivity index (χ3n) is 2.45. The summed E-state index contributed by atoms with van der Waals surface area (Å²) in [6.07, 6.45) is 0. The Labute approximate surface area is 130 Å². The van der Waals surface area contributed by atoms with E-state index in [2.05, 4.69) is 25.0 Å². The third-order valence-corrected chi connectivity index (χ3v) is 2.79. The Kier molecular flexibility index (Phi) is 4.77. The minimum Gasteiger partial charge on any atom is -0.495 e. The number of carbonyl (C=O) groups is 1. The van der Waals surface area contributed by atoms with E-state index in [1.165, 1.54) is 20.3 Å². The summed E-state index contributed by atoms with van der Waals surface area (Å²) in [6.45, 7) is 0. The lowest BCUT2D eigenvalue weighted by Crippen LogP contribution is -2.05. The SMILES string of the molecule is COC(=O)c1ccc(OC)c(Nc2nc(Cl)nc(Cl)n2)c1. The van der Waals surface area contributed by atoms with Crippen LogP contribution in [-0.2, 0) is 4.74 Å². The van der Waals surface area contributed by atoms with E-state index < -0.39 is 5.97 Å². The molecule has 0 fully saturated rings. The van der Waals surface area contributed by atoms with Crippen molar-refractivity contribution in [3.63, 3.8) is 0 Å². The molecule has 0 amide bonds. The quantitative estimate of drug-likeness (QED) is 0.863. The number of nitrogens with zero attached hydrogens (tertiary/aromatic N) is 3. The number of esters is 1. The zero-order chi connectivity index (χ0) is 15.4. The Morgan fingerprint density at radius 2 is 1.81 bits per heavy atom. The number of benzene rings is 1. The summed E-state index contributed by atoms with van der Waals surface area (Å²) in [5.74, 6) is 0.128. The molecule has 0 spiro atoms. The van der Waals surface area contributed by atoms with E-state index in [1.807, 2.05) is 0 Å². The summed E-state index contributed by atoms with van der Waals surface area (Å²) in [5.41, 5.74) is 0.797. The molecule has 9 heteroatoms. The van der Waals surface area contributed by atoms with E-state index in [0.29, 0.717) is 17.0 Å². The third kappa shape index (κ3) is 3.71. The van der Waals surface area contributed by atoms with E-state index >= 15 is 0 Å². The highest BCUT2D eigenvalue weighted by Crippen LogP contribution is 2.28. The minimum absolute atomic E-state index is 0.0550. The van der Waals surface area contributed by atoms with Crippen LogP contribution in [0.15, 0.2) is 18.2 Å². The average molecular weight is 329 g/mol. The molecule has 7 nitrogen and oxygen atoms in total. The van der Waals surface area contributed by atoms with Gasteiger partial charge in [-0.05, 0) is 41.4 Å². The predicted molar refractivity (Wildman–Crippen MR) is 77.5 cm³/mol. The van der Waals surface area contributed by atoms with Crippen molar-refractivity contribution in [2.75, 3.05) is 19.5 Å². The van der Waals surface area contributed by atoms with Gasteiger partial charge in [0, 0.05) is 0 Å². The van der Waals surface area contributed by atoms with E-state index in [9.17, 15) is 4.79 Å². The fourth-order valence-corrected chi connectivity index (χ4v) is 1.92. The lowest BCUT2D eigenvalue weighted by atomic mass is 10.2. The van der Waals surface area contributed by atoms with Gasteiger partial charge in [-0.25, -0.2) is 4.79 Å². The van der Waals surface area contributed by atoms with Gasteiger partial charge in [0.2, 0.25) is 16.5 Å². The summed E-state index contributed by atoms with van der Waals surface area (Å²) in [5, 5.41) is 2.75. The topological polar surface area (TPSA) is 86.2 Å². The molecule has 0 bridgehead atoms. The molecule has 1 aromatic carbocycles. The molecule has 1 heterocycles. The molecule has 21 heavy (non-hydrogen) atoms. The van der Waals surface area contributed by atoms with E-state index in [0.717, 1.165) is 0 Å². The highest BCUT2D eigenvalue weighted by atomic mass is 35.5. The fourth-order valence-electron chi connectivity index (χ4n) is 1.55. The monoisotopic (exact) mass is 328 g/mol. The van der Waals surface area contributed by atoms with Gasteiger partial charge in [-0.1, -0.05) is 0 Å². The average Bonchev–Trinajstić information content (AvgIpc) is 2.45. The van der Waals surface area contributed by atoms with Crippen molar-refractivity contribution in [3.05, 3.63) is 34.3 Å². The molecule has 0 aliphatic heterocycles. The van der Waals surface area contributed by atoms with Crippen LogP contribution in [0.3, 0.4) is 0 Å². The number of halogens is 2. The first-order chi connectivity index (χ1) is 10.0. The van der Waals surface area contributed by atoms with Gasteiger partial charge in [-0.15, -0.1) is 0 Å². The molecule has 0 aliphatic rings. The van der Waals surface area contributed by atoms with Crippen LogP contribution in [-0.4, -0.2) is 35.1 Å². The zero-order valence-electron chi connectivity index (χ0n) is 11.1. The van der Waals surface area contributed by atoms with Crippen LogP contribution in [0.2, 0.25) is 10.6 Å². The molecule has 0 atom stereocenters. The molecule has 2 rings (SSSR count). The molecule has 2 aromatic rings. The summed E-state index contributed by atoms with van der Waals surface area (Å²) < 4.78 is 9.86. The van der Waals surface area contributed by atoms with Crippen LogP contribution in [0.5, 0.6) is 5.75 Å². The zero-order valence-corrected chi connectivity index (χ0v) is 12.6. The first-order valence-corrected chi connectivity index (χ1v) is 6.39. The van der Waals surface area contributed by atoms with Crippen LogP contribution >= 0.6 is 23.2 Å². The Bertz CT molecular complexity index is 661. The van der Waals surface area contributed by atoms with Crippen molar-refractivity contribution in [2.45, 2.75) is 0 Å². The number of rotatable bonds is 4. The lowest BCUT2D eigenvalue weighted by Gasteiger charge is -2.11. The van der Waals surface area contributed by atoms with Crippen molar-refractivity contribution in [3.8, 4) is 5.75 Å². The van der Waals surface area contributed by atoms with Gasteiger partial charge in [0.25, 0.3) is 0 Å². The van der Waals surface area contributed by atoms with Crippen molar-refractivity contribution in [1.82, 2.24) is 15.0 Å². The van der Waals surface area contributed by atoms with Gasteiger partial charge in [0.1, 0.15) is 5.75 Å². The largest absolute Gasteiger partial charge is 0.495 e. The Hall–Kier alpha value is -2.12. The second-order valence-corrected chi connectivity index (χ2v) is 4.40. The number of aromatic nitrogens is 3. The maximum absolute atomic E-state index is 11.6. The molecule has 0 saturated heterocycles. The number of ether oxygens (including phenoxy) is 2. The standard InChI is InChI=1S/C12H10Cl2N4O3/c1-20-8-4-3-6(9(19)21-2)5-7(8)15-12-17-10(13)16-11(14)18-12/h3-5H,1-2H3,(H,15,16,17,18). The second-order valence-electron chi connectivity index (χ2n) is 3.73. The Balaban J connectivity index is 2.39. The maximum atomic E-state index is 11.6. The first-order valence-electron chi connectivity index (χ1n) is 5.64. The predicted octanol–water partition coefficient (Wildman–Crippen LogP) is 2.72. The van der Waals surface area contributed by atoms with Crippen LogP contribution in [0.4, 0.5) is 11.6 Å². The van der Waals surface area contributed by atoms with Crippen LogP contribution in [0, 0.1) is 0 Å². The highest BCUT2D eigenvalue weighted by Gasteiger charge is 2.12. The minimum atomic E-state index is -0.479. The smallest absolute Gasteiger partial charge is 0.337 e. The Morgan fingerprint density at radius 1 is 1.14 bits per heavy atom. The molecule has 1 aromatic heterocycles. The normalized spacial score (nSPS) is 10.1.